The summed E-state index contributed by atoms with van der Waals surface area (Å²) in [6.07, 6.45) is 2.97. The SMILES string of the molecule is O=[N+]([O-])c1cn2c(n1)OC[C@@H](OCc1ccc(N3CCOCC3)nc1)C2. The summed E-state index contributed by atoms with van der Waals surface area (Å²) in [7, 11) is 0. The van der Waals surface area contributed by atoms with Crippen molar-refractivity contribution in [3.63, 3.8) is 0 Å². The average Bonchev–Trinajstić information content (AvgIpc) is 3.11. The first-order valence-electron chi connectivity index (χ1n) is 8.42. The van der Waals surface area contributed by atoms with Gasteiger partial charge >= 0.3 is 11.8 Å². The van der Waals surface area contributed by atoms with Crippen LogP contribution < -0.4 is 9.64 Å². The van der Waals surface area contributed by atoms with Gasteiger partial charge in [0.05, 0.1) is 26.4 Å². The average molecular weight is 361 g/mol. The lowest BCUT2D eigenvalue weighted by atomic mass is 10.2. The molecule has 0 radical (unpaired) electrons. The van der Waals surface area contributed by atoms with Crippen molar-refractivity contribution in [2.24, 2.45) is 0 Å². The van der Waals surface area contributed by atoms with Gasteiger partial charge in [-0.15, -0.1) is 0 Å². The highest BCUT2D eigenvalue weighted by molar-refractivity contribution is 5.39. The number of anilines is 1. The Kier molecular flexibility index (Phi) is 4.67. The van der Waals surface area contributed by atoms with E-state index in [2.05, 4.69) is 14.9 Å². The van der Waals surface area contributed by atoms with Crippen LogP contribution in [-0.2, 0) is 22.6 Å². The third-order valence-corrected chi connectivity index (χ3v) is 4.34. The third-order valence-electron chi connectivity index (χ3n) is 4.34. The molecule has 4 heterocycles. The first kappa shape index (κ1) is 16.7. The van der Waals surface area contributed by atoms with E-state index >= 15 is 0 Å². The van der Waals surface area contributed by atoms with E-state index in [-0.39, 0.29) is 17.9 Å². The van der Waals surface area contributed by atoms with Crippen LogP contribution >= 0.6 is 0 Å². The Hall–Kier alpha value is -2.72. The van der Waals surface area contributed by atoms with E-state index in [1.165, 1.54) is 6.20 Å². The number of pyridine rings is 1. The van der Waals surface area contributed by atoms with Crippen LogP contribution in [0.3, 0.4) is 0 Å². The van der Waals surface area contributed by atoms with Crippen molar-refractivity contribution in [1.29, 1.82) is 0 Å². The number of morpholine rings is 1. The van der Waals surface area contributed by atoms with Crippen LogP contribution in [0.25, 0.3) is 0 Å². The predicted molar refractivity (Wildman–Crippen MR) is 90.2 cm³/mol. The summed E-state index contributed by atoms with van der Waals surface area (Å²) in [6, 6.07) is 4.24. The molecule has 0 spiro atoms. The van der Waals surface area contributed by atoms with Gasteiger partial charge in [-0.2, -0.15) is 0 Å². The number of imidazole rings is 1. The number of fused-ring (bicyclic) bond motifs is 1. The largest absolute Gasteiger partial charge is 0.443 e. The third kappa shape index (κ3) is 3.60. The van der Waals surface area contributed by atoms with E-state index in [9.17, 15) is 10.1 Å². The number of rotatable bonds is 5. The highest BCUT2D eigenvalue weighted by Gasteiger charge is 2.28. The molecule has 10 heteroatoms. The molecule has 2 aromatic heterocycles. The van der Waals surface area contributed by atoms with Crippen LogP contribution in [0.5, 0.6) is 6.01 Å². The molecule has 0 aliphatic carbocycles. The van der Waals surface area contributed by atoms with Crippen LogP contribution in [-0.4, -0.2) is 58.5 Å². The second-order valence-electron chi connectivity index (χ2n) is 6.16. The van der Waals surface area contributed by atoms with Gasteiger partial charge in [0.2, 0.25) is 0 Å². The van der Waals surface area contributed by atoms with Gasteiger partial charge < -0.3 is 29.2 Å². The summed E-state index contributed by atoms with van der Waals surface area (Å²) in [5.41, 5.74) is 0.962. The Balaban J connectivity index is 1.32. The Bertz CT molecular complexity index is 772. The summed E-state index contributed by atoms with van der Waals surface area (Å²) in [5.74, 6) is 0.719. The molecule has 0 aromatic carbocycles. The van der Waals surface area contributed by atoms with Crippen LogP contribution in [0.2, 0.25) is 0 Å². The molecule has 0 amide bonds. The molecule has 138 valence electrons. The van der Waals surface area contributed by atoms with E-state index in [1.54, 1.807) is 4.57 Å². The highest BCUT2D eigenvalue weighted by Crippen LogP contribution is 2.23. The molecule has 2 aliphatic rings. The minimum absolute atomic E-state index is 0.199. The topological polar surface area (TPSA) is 105 Å². The molecule has 2 aliphatic heterocycles. The lowest BCUT2D eigenvalue weighted by Gasteiger charge is -2.27. The van der Waals surface area contributed by atoms with E-state index in [0.717, 1.165) is 37.7 Å². The van der Waals surface area contributed by atoms with Crippen molar-refractivity contribution >= 4 is 11.6 Å². The van der Waals surface area contributed by atoms with Gasteiger partial charge in [0.1, 0.15) is 24.7 Å². The monoisotopic (exact) mass is 361 g/mol. The maximum atomic E-state index is 10.8. The second-order valence-corrected chi connectivity index (χ2v) is 6.16. The number of ether oxygens (including phenoxy) is 3. The van der Waals surface area contributed by atoms with Crippen molar-refractivity contribution in [2.45, 2.75) is 19.3 Å². The predicted octanol–water partition coefficient (Wildman–Crippen LogP) is 1.00. The van der Waals surface area contributed by atoms with Gasteiger partial charge in [-0.05, 0) is 16.6 Å². The van der Waals surface area contributed by atoms with Gasteiger partial charge in [-0.1, -0.05) is 6.07 Å². The normalized spacial score (nSPS) is 19.7. The van der Waals surface area contributed by atoms with Crippen molar-refractivity contribution < 1.29 is 19.1 Å². The fraction of sp³-hybridized carbons (Fsp3) is 0.500. The lowest BCUT2D eigenvalue weighted by Crippen LogP contribution is -2.36. The number of hydrogen-bond acceptors (Lipinski definition) is 8. The van der Waals surface area contributed by atoms with E-state index in [0.29, 0.717) is 19.8 Å². The molecule has 1 fully saturated rings. The van der Waals surface area contributed by atoms with Crippen molar-refractivity contribution in [1.82, 2.24) is 14.5 Å². The lowest BCUT2D eigenvalue weighted by molar-refractivity contribution is -0.389. The molecular weight excluding hydrogens is 342 g/mol. The van der Waals surface area contributed by atoms with Crippen LogP contribution in [0.15, 0.2) is 24.5 Å². The second kappa shape index (κ2) is 7.26. The zero-order valence-corrected chi connectivity index (χ0v) is 14.1. The summed E-state index contributed by atoms with van der Waals surface area (Å²) in [6.45, 7) is 4.33. The minimum Gasteiger partial charge on any atom is -0.443 e. The maximum absolute atomic E-state index is 10.8. The van der Waals surface area contributed by atoms with Crippen LogP contribution in [0.4, 0.5) is 11.6 Å². The van der Waals surface area contributed by atoms with Gasteiger partial charge in [0.25, 0.3) is 0 Å². The summed E-state index contributed by atoms with van der Waals surface area (Å²) >= 11 is 0. The van der Waals surface area contributed by atoms with Crippen molar-refractivity contribution in [3.8, 4) is 6.01 Å². The van der Waals surface area contributed by atoms with Gasteiger partial charge in [0.15, 0.2) is 0 Å². The number of hydrogen-bond donors (Lipinski definition) is 0. The Morgan fingerprint density at radius 1 is 1.35 bits per heavy atom. The number of nitrogens with zero attached hydrogens (tertiary/aromatic N) is 5. The standard InChI is InChI=1S/C16H19N5O5/c22-21(23)15-9-20-8-13(11-26-16(20)18-15)25-10-12-1-2-14(17-7-12)19-3-5-24-6-4-19/h1-2,7,9,13H,3-6,8,10-11H2/t13-/m0/s1. The van der Waals surface area contributed by atoms with Crippen LogP contribution in [0.1, 0.15) is 5.56 Å². The Morgan fingerprint density at radius 2 is 2.19 bits per heavy atom. The molecule has 1 atom stereocenters. The van der Waals surface area contributed by atoms with Crippen LogP contribution in [0, 0.1) is 10.1 Å². The van der Waals surface area contributed by atoms with Gasteiger partial charge in [-0.25, -0.2) is 4.98 Å². The zero-order chi connectivity index (χ0) is 17.9. The summed E-state index contributed by atoms with van der Waals surface area (Å²) in [5, 5.41) is 10.8. The van der Waals surface area contributed by atoms with Crippen molar-refractivity contribution in [3.05, 3.63) is 40.2 Å². The van der Waals surface area contributed by atoms with E-state index < -0.39 is 4.92 Å². The molecular formula is C16H19N5O5. The highest BCUT2D eigenvalue weighted by atomic mass is 16.6. The molecule has 1 saturated heterocycles. The molecule has 10 nitrogen and oxygen atoms in total. The van der Waals surface area contributed by atoms with E-state index in [1.807, 2.05) is 18.3 Å². The fourth-order valence-corrected chi connectivity index (χ4v) is 2.96. The van der Waals surface area contributed by atoms with E-state index in [4.69, 9.17) is 14.2 Å². The number of nitro groups is 1. The number of aromatic nitrogens is 3. The zero-order valence-electron chi connectivity index (χ0n) is 14.1. The van der Waals surface area contributed by atoms with Gasteiger partial charge in [0, 0.05) is 24.3 Å². The summed E-state index contributed by atoms with van der Waals surface area (Å²) in [4.78, 5) is 20.7. The Morgan fingerprint density at radius 3 is 2.92 bits per heavy atom. The quantitative estimate of drug-likeness (QED) is 0.574. The summed E-state index contributed by atoms with van der Waals surface area (Å²) < 4.78 is 18.3. The molecule has 2 aromatic rings. The maximum Gasteiger partial charge on any atom is 0.414 e. The first-order valence-corrected chi connectivity index (χ1v) is 8.42. The first-order chi connectivity index (χ1) is 12.7. The fourth-order valence-electron chi connectivity index (χ4n) is 2.96. The molecule has 26 heavy (non-hydrogen) atoms. The van der Waals surface area contributed by atoms with Gasteiger partial charge in [-0.3, -0.25) is 4.57 Å². The molecule has 0 unspecified atom stereocenters. The molecule has 4 rings (SSSR count). The smallest absolute Gasteiger partial charge is 0.414 e. The molecule has 0 N–H and O–H groups in total. The minimum atomic E-state index is -0.535. The molecule has 0 saturated carbocycles. The Labute approximate surface area is 149 Å². The van der Waals surface area contributed by atoms with Crippen molar-refractivity contribution in [2.75, 3.05) is 37.8 Å². The molecule has 0 bridgehead atoms.